The number of nitrogens with zero attached hydrogens (tertiary/aromatic N) is 3. The minimum Gasteiger partial charge on any atom is -0.507 e. The molecule has 0 unspecified atom stereocenters. The van der Waals surface area contributed by atoms with Crippen molar-refractivity contribution in [1.29, 1.82) is 0 Å². The molecule has 1 aromatic heterocycles. The van der Waals surface area contributed by atoms with Gasteiger partial charge < -0.3 is 10.0 Å². The smallest absolute Gasteiger partial charge is 0.203 e. The largest absolute Gasteiger partial charge is 0.507 e. The van der Waals surface area contributed by atoms with E-state index in [-0.39, 0.29) is 5.75 Å². The Bertz CT molecular complexity index is 840. The van der Waals surface area contributed by atoms with Crippen LogP contribution in [-0.4, -0.2) is 30.4 Å². The minimum absolute atomic E-state index is 0.247. The van der Waals surface area contributed by atoms with Crippen LogP contribution in [0.3, 0.4) is 0 Å². The van der Waals surface area contributed by atoms with Crippen molar-refractivity contribution in [2.24, 2.45) is 5.10 Å². The molecule has 0 saturated carbocycles. The van der Waals surface area contributed by atoms with Crippen molar-refractivity contribution in [2.75, 3.05) is 24.4 Å². The van der Waals surface area contributed by atoms with E-state index in [1.165, 1.54) is 11.3 Å². The van der Waals surface area contributed by atoms with Crippen molar-refractivity contribution in [1.82, 2.24) is 4.98 Å². The van der Waals surface area contributed by atoms with Crippen LogP contribution < -0.4 is 10.3 Å². The second-order valence-corrected chi connectivity index (χ2v) is 6.43. The molecule has 0 atom stereocenters. The number of hydrogen-bond donors (Lipinski definition) is 2. The number of aromatic nitrogens is 1. The van der Waals surface area contributed by atoms with Gasteiger partial charge in [0.05, 0.1) is 11.1 Å². The fraction of sp³-hybridized carbons (Fsp3) is 0.111. The molecule has 122 valence electrons. The Morgan fingerprint density at radius 3 is 2.58 bits per heavy atom. The fourth-order valence-electron chi connectivity index (χ4n) is 2.15. The van der Waals surface area contributed by atoms with Gasteiger partial charge in [-0.25, -0.2) is 4.98 Å². The first kappa shape index (κ1) is 16.0. The van der Waals surface area contributed by atoms with Crippen LogP contribution in [0, 0.1) is 0 Å². The molecule has 3 rings (SSSR count). The van der Waals surface area contributed by atoms with E-state index in [0.717, 1.165) is 21.7 Å². The molecule has 3 aromatic rings. The first-order chi connectivity index (χ1) is 11.6. The SMILES string of the molecule is CN(C)c1ccc(/C=N\Nc2ncc(-c3ccccc3O)s2)cc1. The number of benzene rings is 2. The average Bonchev–Trinajstić information content (AvgIpc) is 3.04. The van der Waals surface area contributed by atoms with Gasteiger partial charge in [-0.15, -0.1) is 0 Å². The lowest BCUT2D eigenvalue weighted by molar-refractivity contribution is 0.477. The lowest BCUT2D eigenvalue weighted by Gasteiger charge is -2.11. The maximum atomic E-state index is 9.88. The predicted molar refractivity (Wildman–Crippen MR) is 101 cm³/mol. The van der Waals surface area contributed by atoms with E-state index in [1.807, 2.05) is 50.5 Å². The Morgan fingerprint density at radius 1 is 1.12 bits per heavy atom. The van der Waals surface area contributed by atoms with Gasteiger partial charge in [-0.3, -0.25) is 5.43 Å². The first-order valence-electron chi connectivity index (χ1n) is 7.44. The molecule has 5 nitrogen and oxygen atoms in total. The number of para-hydroxylation sites is 1. The van der Waals surface area contributed by atoms with Crippen LogP contribution in [0.2, 0.25) is 0 Å². The second kappa shape index (κ2) is 7.14. The van der Waals surface area contributed by atoms with Gasteiger partial charge in [0.15, 0.2) is 0 Å². The van der Waals surface area contributed by atoms with Gasteiger partial charge in [-0.05, 0) is 29.8 Å². The molecule has 0 aliphatic rings. The molecule has 2 N–H and O–H groups in total. The maximum absolute atomic E-state index is 9.88. The second-order valence-electron chi connectivity index (χ2n) is 5.40. The maximum Gasteiger partial charge on any atom is 0.203 e. The van der Waals surface area contributed by atoms with Gasteiger partial charge in [0, 0.05) is 31.5 Å². The highest BCUT2D eigenvalue weighted by molar-refractivity contribution is 7.18. The third kappa shape index (κ3) is 3.72. The number of anilines is 2. The lowest BCUT2D eigenvalue weighted by atomic mass is 10.2. The van der Waals surface area contributed by atoms with Crippen LogP contribution in [0.25, 0.3) is 10.4 Å². The number of aromatic hydroxyl groups is 1. The summed E-state index contributed by atoms with van der Waals surface area (Å²) in [7, 11) is 4.02. The Morgan fingerprint density at radius 2 is 1.88 bits per heavy atom. The molecule has 0 amide bonds. The van der Waals surface area contributed by atoms with Gasteiger partial charge in [-0.2, -0.15) is 5.10 Å². The van der Waals surface area contributed by atoms with E-state index in [0.29, 0.717) is 5.13 Å². The van der Waals surface area contributed by atoms with Crippen molar-refractivity contribution in [3.63, 3.8) is 0 Å². The first-order valence-corrected chi connectivity index (χ1v) is 8.26. The van der Waals surface area contributed by atoms with Crippen LogP contribution in [0.1, 0.15) is 5.56 Å². The number of thiazole rings is 1. The Kier molecular flexibility index (Phi) is 4.77. The zero-order valence-corrected chi connectivity index (χ0v) is 14.3. The van der Waals surface area contributed by atoms with Gasteiger partial charge in [0.2, 0.25) is 5.13 Å². The summed E-state index contributed by atoms with van der Waals surface area (Å²) in [5.74, 6) is 0.247. The Labute approximate surface area is 144 Å². The third-order valence-electron chi connectivity index (χ3n) is 3.46. The zero-order valence-electron chi connectivity index (χ0n) is 13.5. The molecule has 6 heteroatoms. The quantitative estimate of drug-likeness (QED) is 0.545. The van der Waals surface area contributed by atoms with Crippen molar-refractivity contribution >= 4 is 28.4 Å². The molecule has 24 heavy (non-hydrogen) atoms. The van der Waals surface area contributed by atoms with Crippen LogP contribution in [0.5, 0.6) is 5.75 Å². The summed E-state index contributed by atoms with van der Waals surface area (Å²) in [6, 6.07) is 15.3. The summed E-state index contributed by atoms with van der Waals surface area (Å²) >= 11 is 1.44. The van der Waals surface area contributed by atoms with Crippen molar-refractivity contribution < 1.29 is 5.11 Å². The van der Waals surface area contributed by atoms with E-state index >= 15 is 0 Å². The van der Waals surface area contributed by atoms with E-state index in [2.05, 4.69) is 20.4 Å². The minimum atomic E-state index is 0.247. The predicted octanol–water partition coefficient (Wildman–Crippen LogP) is 4.03. The van der Waals surface area contributed by atoms with Crippen LogP contribution in [-0.2, 0) is 0 Å². The van der Waals surface area contributed by atoms with Gasteiger partial charge in [0.25, 0.3) is 0 Å². The molecule has 0 saturated heterocycles. The van der Waals surface area contributed by atoms with Crippen molar-refractivity contribution in [2.45, 2.75) is 0 Å². The van der Waals surface area contributed by atoms with Gasteiger partial charge >= 0.3 is 0 Å². The van der Waals surface area contributed by atoms with E-state index < -0.39 is 0 Å². The Hall–Kier alpha value is -2.86. The van der Waals surface area contributed by atoms with Gasteiger partial charge in [0.1, 0.15) is 5.75 Å². The number of rotatable bonds is 5. The highest BCUT2D eigenvalue weighted by Crippen LogP contribution is 2.34. The molecule has 1 heterocycles. The third-order valence-corrected chi connectivity index (χ3v) is 4.39. The molecule has 2 aromatic carbocycles. The highest BCUT2D eigenvalue weighted by Gasteiger charge is 2.07. The molecule has 0 fully saturated rings. The summed E-state index contributed by atoms with van der Waals surface area (Å²) in [4.78, 5) is 7.22. The standard InChI is InChI=1S/C18H18N4OS/c1-22(2)14-9-7-13(8-10-14)11-20-21-18-19-12-17(24-18)15-5-3-4-6-16(15)23/h3-12,23H,1-2H3,(H,19,21)/b20-11-. The summed E-state index contributed by atoms with van der Waals surface area (Å²) in [5.41, 5.74) is 5.85. The van der Waals surface area contributed by atoms with Gasteiger partial charge in [-0.1, -0.05) is 35.6 Å². The van der Waals surface area contributed by atoms with E-state index in [9.17, 15) is 5.11 Å². The summed E-state index contributed by atoms with van der Waals surface area (Å²) in [5, 5.41) is 14.8. The van der Waals surface area contributed by atoms with Crippen LogP contribution in [0.15, 0.2) is 59.8 Å². The molecular formula is C18H18N4OS. The molecule has 0 radical (unpaired) electrons. The number of nitrogens with one attached hydrogen (secondary N) is 1. The zero-order chi connectivity index (χ0) is 16.9. The summed E-state index contributed by atoms with van der Waals surface area (Å²) < 4.78 is 0. The van der Waals surface area contributed by atoms with E-state index in [4.69, 9.17) is 0 Å². The molecular weight excluding hydrogens is 320 g/mol. The Balaban J connectivity index is 1.66. The molecule has 0 bridgehead atoms. The number of phenols is 1. The van der Waals surface area contributed by atoms with E-state index in [1.54, 1.807) is 24.5 Å². The normalized spacial score (nSPS) is 10.9. The highest BCUT2D eigenvalue weighted by atomic mass is 32.1. The van der Waals surface area contributed by atoms with Crippen LogP contribution >= 0.6 is 11.3 Å². The summed E-state index contributed by atoms with van der Waals surface area (Å²) in [6.45, 7) is 0. The molecule has 0 aliphatic carbocycles. The molecule has 0 aliphatic heterocycles. The monoisotopic (exact) mass is 338 g/mol. The number of hydrogen-bond acceptors (Lipinski definition) is 6. The van der Waals surface area contributed by atoms with Crippen molar-refractivity contribution in [3.05, 3.63) is 60.3 Å². The summed E-state index contributed by atoms with van der Waals surface area (Å²) in [6.07, 6.45) is 3.48. The molecule has 0 spiro atoms. The fourth-order valence-corrected chi connectivity index (χ4v) is 2.95. The van der Waals surface area contributed by atoms with Crippen molar-refractivity contribution in [3.8, 4) is 16.2 Å². The van der Waals surface area contributed by atoms with Crippen LogP contribution in [0.4, 0.5) is 10.8 Å². The topological polar surface area (TPSA) is 60.8 Å². The number of hydrazone groups is 1. The average molecular weight is 338 g/mol. The number of phenolic OH excluding ortho intramolecular Hbond substituents is 1. The lowest BCUT2D eigenvalue weighted by Crippen LogP contribution is -2.08.